The molecule has 0 saturated carbocycles. The van der Waals surface area contributed by atoms with Crippen molar-refractivity contribution in [3.8, 4) is 0 Å². The molecule has 0 aliphatic heterocycles. The Kier molecular flexibility index (Phi) is 7.48. The molecule has 0 aromatic rings. The van der Waals surface area contributed by atoms with Gasteiger partial charge in [0, 0.05) is 0 Å². The van der Waals surface area contributed by atoms with Crippen LogP contribution in [0.4, 0.5) is 0 Å². The van der Waals surface area contributed by atoms with Gasteiger partial charge in [-0.3, -0.25) is 4.79 Å². The maximum atomic E-state index is 10.5. The fraction of sp³-hybridized carbons (Fsp3) is 0.800. The average molecular weight is 154 g/mol. The van der Waals surface area contributed by atoms with Crippen LogP contribution in [0.25, 0.3) is 0 Å². The van der Waals surface area contributed by atoms with E-state index in [1.165, 1.54) is 7.11 Å². The van der Waals surface area contributed by atoms with Crippen LogP contribution in [0.1, 0.15) is 6.92 Å². The number of methoxy groups -OCH3 is 1. The third-order valence-corrected chi connectivity index (χ3v) is 0.988. The molecule has 0 rings (SSSR count). The topological polar surface area (TPSA) is 38.3 Å². The Balaban J connectivity index is 0. The van der Waals surface area contributed by atoms with Gasteiger partial charge in [0.15, 0.2) is 0 Å². The molecule has 1 unspecified atom stereocenters. The molecule has 0 aromatic carbocycles. The zero-order valence-corrected chi connectivity index (χ0v) is 6.62. The van der Waals surface area contributed by atoms with Crippen LogP contribution in [-0.2, 0) is 9.53 Å². The highest BCUT2D eigenvalue weighted by molar-refractivity contribution is 5.85. The highest BCUT2D eigenvalue weighted by Crippen LogP contribution is 1.81. The first-order valence-corrected chi connectivity index (χ1v) is 2.47. The summed E-state index contributed by atoms with van der Waals surface area (Å²) in [7, 11) is 3.08. The highest BCUT2D eigenvalue weighted by atomic mass is 35.5. The van der Waals surface area contributed by atoms with Crippen molar-refractivity contribution >= 4 is 18.4 Å². The Hall–Kier alpha value is -0.280. The van der Waals surface area contributed by atoms with Gasteiger partial charge in [-0.1, -0.05) is 0 Å². The first kappa shape index (κ1) is 11.5. The summed E-state index contributed by atoms with van der Waals surface area (Å²) in [5.74, 6) is -0.229. The summed E-state index contributed by atoms with van der Waals surface area (Å²) in [5.41, 5.74) is 0. The number of halogens is 1. The SMILES string of the molecule is CNC(C)C(=O)OC.Cl. The van der Waals surface area contributed by atoms with Crippen LogP contribution in [0.3, 0.4) is 0 Å². The summed E-state index contributed by atoms with van der Waals surface area (Å²) in [6, 6.07) is -0.194. The normalized spacial score (nSPS) is 11.4. The molecule has 0 amide bonds. The molecule has 1 N–H and O–H groups in total. The number of carbonyl (C=O) groups is 1. The second kappa shape index (κ2) is 5.85. The molecule has 56 valence electrons. The van der Waals surface area contributed by atoms with Crippen LogP contribution in [0, 0.1) is 0 Å². The molecule has 9 heavy (non-hydrogen) atoms. The van der Waals surface area contributed by atoms with Crippen LogP contribution in [0.2, 0.25) is 0 Å². The molecule has 0 radical (unpaired) electrons. The molecule has 4 heteroatoms. The second-order valence-corrected chi connectivity index (χ2v) is 1.53. The van der Waals surface area contributed by atoms with E-state index in [0.29, 0.717) is 0 Å². The third kappa shape index (κ3) is 4.24. The van der Waals surface area contributed by atoms with Crippen molar-refractivity contribution < 1.29 is 9.53 Å². The number of nitrogens with one attached hydrogen (secondary N) is 1. The Morgan fingerprint density at radius 3 is 2.22 bits per heavy atom. The van der Waals surface area contributed by atoms with Gasteiger partial charge in [0.1, 0.15) is 6.04 Å². The van der Waals surface area contributed by atoms with Gasteiger partial charge in [-0.2, -0.15) is 0 Å². The van der Waals surface area contributed by atoms with Crippen molar-refractivity contribution in [1.82, 2.24) is 5.32 Å². The summed E-state index contributed by atoms with van der Waals surface area (Å²) in [6.07, 6.45) is 0. The van der Waals surface area contributed by atoms with Gasteiger partial charge in [0.25, 0.3) is 0 Å². The molecule has 0 heterocycles. The number of carbonyl (C=O) groups excluding carboxylic acids is 1. The van der Waals surface area contributed by atoms with Gasteiger partial charge in [-0.15, -0.1) is 12.4 Å². The van der Waals surface area contributed by atoms with Crippen LogP contribution in [-0.4, -0.2) is 26.2 Å². The van der Waals surface area contributed by atoms with E-state index in [9.17, 15) is 4.79 Å². The van der Waals surface area contributed by atoms with Crippen LogP contribution in [0.5, 0.6) is 0 Å². The zero-order valence-electron chi connectivity index (χ0n) is 5.80. The number of hydrogen-bond acceptors (Lipinski definition) is 3. The van der Waals surface area contributed by atoms with Crippen molar-refractivity contribution in [2.45, 2.75) is 13.0 Å². The van der Waals surface area contributed by atoms with E-state index in [-0.39, 0.29) is 24.4 Å². The quantitative estimate of drug-likeness (QED) is 0.576. The van der Waals surface area contributed by atoms with E-state index in [2.05, 4.69) is 10.1 Å². The van der Waals surface area contributed by atoms with E-state index >= 15 is 0 Å². The molecular weight excluding hydrogens is 142 g/mol. The Morgan fingerprint density at radius 2 is 2.11 bits per heavy atom. The molecule has 0 saturated heterocycles. The van der Waals surface area contributed by atoms with Crippen molar-refractivity contribution in [1.29, 1.82) is 0 Å². The van der Waals surface area contributed by atoms with Crippen molar-refractivity contribution in [2.24, 2.45) is 0 Å². The molecule has 3 nitrogen and oxygen atoms in total. The van der Waals surface area contributed by atoms with E-state index in [0.717, 1.165) is 0 Å². The predicted octanol–water partition coefficient (Wildman–Crippen LogP) is 0.189. The summed E-state index contributed by atoms with van der Waals surface area (Å²) in [6.45, 7) is 1.74. The summed E-state index contributed by atoms with van der Waals surface area (Å²) in [4.78, 5) is 10.5. The fourth-order valence-corrected chi connectivity index (χ4v) is 0.295. The number of hydrogen-bond donors (Lipinski definition) is 1. The summed E-state index contributed by atoms with van der Waals surface area (Å²) < 4.78 is 4.40. The molecule has 1 atom stereocenters. The molecular formula is C5H12ClNO2. The van der Waals surface area contributed by atoms with Gasteiger partial charge in [-0.05, 0) is 14.0 Å². The van der Waals surface area contributed by atoms with Gasteiger partial charge < -0.3 is 10.1 Å². The lowest BCUT2D eigenvalue weighted by Gasteiger charge is -2.04. The minimum atomic E-state index is -0.229. The number of rotatable bonds is 2. The van der Waals surface area contributed by atoms with Gasteiger partial charge >= 0.3 is 5.97 Å². The maximum absolute atomic E-state index is 10.5. The van der Waals surface area contributed by atoms with Crippen LogP contribution < -0.4 is 5.32 Å². The lowest BCUT2D eigenvalue weighted by molar-refractivity contribution is -0.142. The standard InChI is InChI=1S/C5H11NO2.ClH/c1-4(6-2)5(7)8-3;/h4,6H,1-3H3;1H. The third-order valence-electron chi connectivity index (χ3n) is 0.988. The van der Waals surface area contributed by atoms with E-state index < -0.39 is 0 Å². The molecule has 0 aliphatic carbocycles. The number of esters is 1. The Bertz CT molecular complexity index is 87.0. The summed E-state index contributed by atoms with van der Waals surface area (Å²) >= 11 is 0. The molecule has 0 fully saturated rings. The number of likely N-dealkylation sites (N-methyl/N-ethyl adjacent to an activating group) is 1. The smallest absolute Gasteiger partial charge is 0.322 e. The van der Waals surface area contributed by atoms with Crippen molar-refractivity contribution in [3.05, 3.63) is 0 Å². The van der Waals surface area contributed by atoms with Crippen molar-refractivity contribution in [2.75, 3.05) is 14.2 Å². The lowest BCUT2D eigenvalue weighted by Crippen LogP contribution is -2.31. The second-order valence-electron chi connectivity index (χ2n) is 1.53. The first-order chi connectivity index (χ1) is 3.72. The van der Waals surface area contributed by atoms with Crippen LogP contribution in [0.15, 0.2) is 0 Å². The van der Waals surface area contributed by atoms with Gasteiger partial charge in [-0.25, -0.2) is 0 Å². The molecule has 0 spiro atoms. The molecule has 0 bridgehead atoms. The first-order valence-electron chi connectivity index (χ1n) is 2.47. The van der Waals surface area contributed by atoms with Gasteiger partial charge in [0.2, 0.25) is 0 Å². The van der Waals surface area contributed by atoms with E-state index in [1.54, 1.807) is 14.0 Å². The van der Waals surface area contributed by atoms with Gasteiger partial charge in [0.05, 0.1) is 7.11 Å². The lowest BCUT2D eigenvalue weighted by atomic mass is 10.4. The highest BCUT2D eigenvalue weighted by Gasteiger charge is 2.07. The predicted molar refractivity (Wildman–Crippen MR) is 37.8 cm³/mol. The largest absolute Gasteiger partial charge is 0.468 e. The average Bonchev–Trinajstić information content (AvgIpc) is 1.84. The maximum Gasteiger partial charge on any atom is 0.322 e. The summed E-state index contributed by atoms with van der Waals surface area (Å²) in [5, 5.41) is 2.74. The Labute approximate surface area is 61.2 Å². The van der Waals surface area contributed by atoms with Crippen molar-refractivity contribution in [3.63, 3.8) is 0 Å². The molecule has 0 aromatic heterocycles. The number of ether oxygens (including phenoxy) is 1. The minimum Gasteiger partial charge on any atom is -0.468 e. The molecule has 0 aliphatic rings. The van der Waals surface area contributed by atoms with Crippen LogP contribution >= 0.6 is 12.4 Å². The van der Waals surface area contributed by atoms with E-state index in [4.69, 9.17) is 0 Å². The zero-order chi connectivity index (χ0) is 6.57. The minimum absolute atomic E-state index is 0. The van der Waals surface area contributed by atoms with E-state index in [1.807, 2.05) is 0 Å². The fourth-order valence-electron chi connectivity index (χ4n) is 0.295. The Morgan fingerprint density at radius 1 is 1.67 bits per heavy atom. The monoisotopic (exact) mass is 153 g/mol.